The van der Waals surface area contributed by atoms with Gasteiger partial charge in [0, 0.05) is 0 Å². The maximum absolute atomic E-state index is 13.2. The molecule has 0 spiro atoms. The van der Waals surface area contributed by atoms with Gasteiger partial charge in [-0.05, 0) is 70.1 Å². The van der Waals surface area contributed by atoms with E-state index in [0.717, 1.165) is 10.5 Å². The summed E-state index contributed by atoms with van der Waals surface area (Å²) < 4.78 is 12.2. The fourth-order valence-corrected chi connectivity index (χ4v) is 4.45. The van der Waals surface area contributed by atoms with Crippen LogP contribution in [0.5, 0.6) is 11.5 Å². The molecule has 0 aliphatic carbocycles. The number of methoxy groups -OCH3 is 1. The van der Waals surface area contributed by atoms with Gasteiger partial charge in [0.05, 0.1) is 26.4 Å². The van der Waals surface area contributed by atoms with Crippen molar-refractivity contribution in [1.29, 1.82) is 0 Å². The van der Waals surface area contributed by atoms with Crippen LogP contribution in [0.25, 0.3) is 6.08 Å². The second kappa shape index (κ2) is 10.7. The number of carbonyl (C=O) groups is 3. The van der Waals surface area contributed by atoms with Crippen molar-refractivity contribution in [3.8, 4) is 11.5 Å². The largest absolute Gasteiger partial charge is 0.493 e. The summed E-state index contributed by atoms with van der Waals surface area (Å²) in [6.07, 6.45) is 1.39. The minimum Gasteiger partial charge on any atom is -0.493 e. The molecule has 0 unspecified atom stereocenters. The van der Waals surface area contributed by atoms with E-state index in [0.29, 0.717) is 27.2 Å². The molecule has 1 N–H and O–H groups in total. The van der Waals surface area contributed by atoms with Crippen LogP contribution in [0.3, 0.4) is 0 Å². The number of ether oxygens (including phenoxy) is 2. The zero-order valence-corrected chi connectivity index (χ0v) is 21.8. The molecule has 1 aliphatic rings. The lowest BCUT2D eigenvalue weighted by Crippen LogP contribution is -2.54. The normalized spacial score (nSPS) is 14.8. The molecular weight excluding hydrogens is 606 g/mol. The molecule has 0 aromatic heterocycles. The fraction of sp³-hybridized carbons (Fsp3) is 0.0800. The van der Waals surface area contributed by atoms with Crippen LogP contribution in [-0.2, 0) is 16.2 Å². The Kier molecular flexibility index (Phi) is 7.63. The van der Waals surface area contributed by atoms with Crippen molar-refractivity contribution in [3.63, 3.8) is 0 Å². The summed E-state index contributed by atoms with van der Waals surface area (Å²) in [6.45, 7) is 0.343. The van der Waals surface area contributed by atoms with Gasteiger partial charge in [0.25, 0.3) is 11.8 Å². The number of hydrogen-bond donors (Lipinski definition) is 1. The first-order valence-corrected chi connectivity index (χ1v) is 12.0. The Morgan fingerprint density at radius 3 is 2.43 bits per heavy atom. The van der Waals surface area contributed by atoms with Crippen molar-refractivity contribution in [2.75, 3.05) is 12.0 Å². The first-order valence-electron chi connectivity index (χ1n) is 10.2. The predicted octanol–water partition coefficient (Wildman–Crippen LogP) is 5.85. The Morgan fingerprint density at radius 2 is 1.74 bits per heavy atom. The minimum absolute atomic E-state index is 0.164. The van der Waals surface area contributed by atoms with E-state index in [1.807, 2.05) is 30.3 Å². The van der Waals surface area contributed by atoms with Crippen LogP contribution in [0.2, 0.25) is 10.0 Å². The quantitative estimate of drug-likeness (QED) is 0.212. The monoisotopic (exact) mass is 622 g/mol. The molecule has 7 nitrogen and oxygen atoms in total. The van der Waals surface area contributed by atoms with E-state index >= 15 is 0 Å². The van der Waals surface area contributed by atoms with Gasteiger partial charge in [-0.25, -0.2) is 9.69 Å². The number of barbiturate groups is 1. The third kappa shape index (κ3) is 5.44. The molecule has 0 saturated carbocycles. The molecule has 3 aromatic carbocycles. The predicted molar refractivity (Wildman–Crippen MR) is 142 cm³/mol. The number of nitrogens with zero attached hydrogens (tertiary/aromatic N) is 1. The molecule has 1 aliphatic heterocycles. The number of imide groups is 2. The van der Waals surface area contributed by atoms with Crippen molar-refractivity contribution in [2.45, 2.75) is 6.61 Å². The third-order valence-electron chi connectivity index (χ3n) is 5.05. The SMILES string of the molecule is COc1cc(/C=C2\C(=O)NC(=O)N(c3ccc(Cl)c(Cl)c3)C2=O)cc(I)c1OCc1ccccc1. The van der Waals surface area contributed by atoms with Gasteiger partial charge in [-0.3, -0.25) is 14.9 Å². The van der Waals surface area contributed by atoms with Crippen molar-refractivity contribution >= 4 is 75.4 Å². The number of anilines is 1. The van der Waals surface area contributed by atoms with Crippen molar-refractivity contribution in [3.05, 3.63) is 91.0 Å². The molecule has 3 aromatic rings. The lowest BCUT2D eigenvalue weighted by atomic mass is 10.1. The fourth-order valence-electron chi connectivity index (χ4n) is 3.38. The van der Waals surface area contributed by atoms with Gasteiger partial charge in [0.2, 0.25) is 0 Å². The van der Waals surface area contributed by atoms with Crippen molar-refractivity contribution in [2.24, 2.45) is 0 Å². The summed E-state index contributed by atoms with van der Waals surface area (Å²) in [7, 11) is 1.50. The van der Waals surface area contributed by atoms with Gasteiger partial charge in [0.15, 0.2) is 11.5 Å². The minimum atomic E-state index is -0.882. The maximum atomic E-state index is 13.2. The molecule has 0 atom stereocenters. The second-order valence-electron chi connectivity index (χ2n) is 7.36. The topological polar surface area (TPSA) is 84.9 Å². The highest BCUT2D eigenvalue weighted by molar-refractivity contribution is 14.1. The average molecular weight is 623 g/mol. The van der Waals surface area contributed by atoms with Crippen LogP contribution in [0, 0.1) is 3.57 Å². The standard InChI is InChI=1S/C25H17Cl2IN2O5/c1-34-21-11-15(10-20(28)22(21)35-13-14-5-3-2-4-6-14)9-17-23(31)29-25(33)30(24(17)32)16-7-8-18(26)19(27)12-16/h2-12H,13H2,1H3,(H,29,31,33)/b17-9+. The Hall–Kier alpha value is -3.08. The highest BCUT2D eigenvalue weighted by Crippen LogP contribution is 2.36. The molecule has 1 saturated heterocycles. The lowest BCUT2D eigenvalue weighted by molar-refractivity contribution is -0.122. The summed E-state index contributed by atoms with van der Waals surface area (Å²) in [6, 6.07) is 16.5. The number of amides is 4. The number of urea groups is 1. The van der Waals surface area contributed by atoms with Gasteiger partial charge in [0.1, 0.15) is 12.2 Å². The Bertz CT molecular complexity index is 1360. The second-order valence-corrected chi connectivity index (χ2v) is 9.34. The van der Waals surface area contributed by atoms with E-state index in [4.69, 9.17) is 32.7 Å². The van der Waals surface area contributed by atoms with Crippen LogP contribution < -0.4 is 19.7 Å². The Balaban J connectivity index is 1.65. The number of carbonyl (C=O) groups excluding carboxylic acids is 3. The first-order chi connectivity index (χ1) is 16.8. The van der Waals surface area contributed by atoms with E-state index in [-0.39, 0.29) is 21.3 Å². The van der Waals surface area contributed by atoms with Crippen LogP contribution in [0.1, 0.15) is 11.1 Å². The average Bonchev–Trinajstić information content (AvgIpc) is 2.83. The van der Waals surface area contributed by atoms with Crippen LogP contribution >= 0.6 is 45.8 Å². The number of halogens is 3. The van der Waals surface area contributed by atoms with Crippen molar-refractivity contribution < 1.29 is 23.9 Å². The lowest BCUT2D eigenvalue weighted by Gasteiger charge is -2.26. The van der Waals surface area contributed by atoms with Gasteiger partial charge >= 0.3 is 6.03 Å². The molecule has 1 fully saturated rings. The maximum Gasteiger partial charge on any atom is 0.335 e. The molecule has 1 heterocycles. The van der Waals surface area contributed by atoms with E-state index in [9.17, 15) is 14.4 Å². The number of benzene rings is 3. The van der Waals surface area contributed by atoms with Gasteiger partial charge in [-0.1, -0.05) is 53.5 Å². The summed E-state index contributed by atoms with van der Waals surface area (Å²) in [4.78, 5) is 38.9. The highest BCUT2D eigenvalue weighted by atomic mass is 127. The molecule has 10 heteroatoms. The summed E-state index contributed by atoms with van der Waals surface area (Å²) in [5, 5.41) is 2.61. The molecule has 4 rings (SSSR count). The smallest absolute Gasteiger partial charge is 0.335 e. The van der Waals surface area contributed by atoms with Gasteiger partial charge < -0.3 is 9.47 Å². The van der Waals surface area contributed by atoms with Crippen LogP contribution in [0.4, 0.5) is 10.5 Å². The van der Waals surface area contributed by atoms with Gasteiger partial charge in [-0.15, -0.1) is 0 Å². The summed E-state index contributed by atoms with van der Waals surface area (Å²) in [5.74, 6) is -0.642. The Labute approximate surface area is 224 Å². The highest BCUT2D eigenvalue weighted by Gasteiger charge is 2.37. The number of nitrogens with one attached hydrogen (secondary N) is 1. The van der Waals surface area contributed by atoms with E-state index < -0.39 is 17.8 Å². The zero-order valence-electron chi connectivity index (χ0n) is 18.2. The number of hydrogen-bond acceptors (Lipinski definition) is 5. The van der Waals surface area contributed by atoms with E-state index in [1.54, 1.807) is 12.1 Å². The van der Waals surface area contributed by atoms with Crippen LogP contribution in [-0.4, -0.2) is 25.0 Å². The zero-order chi connectivity index (χ0) is 25.1. The molecule has 0 bridgehead atoms. The number of rotatable bonds is 6. The molecule has 0 radical (unpaired) electrons. The van der Waals surface area contributed by atoms with E-state index in [1.165, 1.54) is 31.4 Å². The van der Waals surface area contributed by atoms with Gasteiger partial charge in [-0.2, -0.15) is 0 Å². The van der Waals surface area contributed by atoms with Crippen LogP contribution in [0.15, 0.2) is 66.2 Å². The molecular formula is C25H17Cl2IN2O5. The first kappa shape index (κ1) is 25.0. The van der Waals surface area contributed by atoms with E-state index in [2.05, 4.69) is 27.9 Å². The Morgan fingerprint density at radius 1 is 1.00 bits per heavy atom. The third-order valence-corrected chi connectivity index (χ3v) is 6.59. The van der Waals surface area contributed by atoms with Crippen molar-refractivity contribution in [1.82, 2.24) is 5.32 Å². The molecule has 178 valence electrons. The summed E-state index contributed by atoms with van der Waals surface area (Å²) in [5.41, 5.74) is 1.46. The molecule has 35 heavy (non-hydrogen) atoms. The summed E-state index contributed by atoms with van der Waals surface area (Å²) >= 11 is 14.1. The molecule has 4 amide bonds.